The molecular weight excluding hydrogens is 338 g/mol. The lowest BCUT2D eigenvalue weighted by molar-refractivity contribution is 0.541. The van der Waals surface area contributed by atoms with Crippen LogP contribution in [-0.4, -0.2) is 16.1 Å². The molecule has 0 radical (unpaired) electrons. The van der Waals surface area contributed by atoms with E-state index in [9.17, 15) is 0 Å². The molecule has 0 bridgehead atoms. The van der Waals surface area contributed by atoms with Crippen molar-refractivity contribution >= 4 is 27.5 Å². The lowest BCUT2D eigenvalue weighted by Gasteiger charge is -2.21. The smallest absolute Gasteiger partial charge is 0.130 e. The standard InChI is InChI=1S/C15H19BrClN3/c1-3-7-18-14(15-19-8-9-20(15)4-2)12-6-5-11(16)10-13(12)17/h5-6,8-10,14,18H,3-4,7H2,1-2H3. The second-order valence-electron chi connectivity index (χ2n) is 4.62. The molecule has 0 amide bonds. The Kier molecular flexibility index (Phi) is 5.64. The van der Waals surface area contributed by atoms with Gasteiger partial charge >= 0.3 is 0 Å². The van der Waals surface area contributed by atoms with Gasteiger partial charge in [0.1, 0.15) is 5.82 Å². The highest BCUT2D eigenvalue weighted by molar-refractivity contribution is 9.10. The largest absolute Gasteiger partial charge is 0.334 e. The fraction of sp³-hybridized carbons (Fsp3) is 0.400. The molecule has 0 fully saturated rings. The molecule has 1 unspecified atom stereocenters. The maximum Gasteiger partial charge on any atom is 0.130 e. The van der Waals surface area contributed by atoms with E-state index in [2.05, 4.69) is 50.7 Å². The Hall–Kier alpha value is -0.840. The van der Waals surface area contributed by atoms with Gasteiger partial charge in [0.25, 0.3) is 0 Å². The fourth-order valence-corrected chi connectivity index (χ4v) is 3.00. The summed E-state index contributed by atoms with van der Waals surface area (Å²) in [5.41, 5.74) is 1.06. The number of nitrogens with zero attached hydrogens (tertiary/aromatic N) is 2. The molecule has 108 valence electrons. The zero-order valence-corrected chi connectivity index (χ0v) is 14.1. The van der Waals surface area contributed by atoms with Crippen LogP contribution in [0.15, 0.2) is 35.1 Å². The molecule has 2 rings (SSSR count). The van der Waals surface area contributed by atoms with Crippen molar-refractivity contribution in [3.05, 3.63) is 51.5 Å². The van der Waals surface area contributed by atoms with Crippen LogP contribution in [0.1, 0.15) is 37.7 Å². The molecule has 1 aromatic heterocycles. The highest BCUT2D eigenvalue weighted by Gasteiger charge is 2.20. The van der Waals surface area contributed by atoms with Crippen molar-refractivity contribution in [2.24, 2.45) is 0 Å². The van der Waals surface area contributed by atoms with Gasteiger partial charge in [0.2, 0.25) is 0 Å². The Morgan fingerprint density at radius 3 is 2.85 bits per heavy atom. The second kappa shape index (κ2) is 7.25. The van der Waals surface area contributed by atoms with Crippen molar-refractivity contribution in [2.75, 3.05) is 6.54 Å². The molecule has 0 spiro atoms. The van der Waals surface area contributed by atoms with Crippen LogP contribution in [0, 0.1) is 0 Å². The number of hydrogen-bond acceptors (Lipinski definition) is 2. The maximum atomic E-state index is 6.41. The lowest BCUT2D eigenvalue weighted by Crippen LogP contribution is -2.26. The second-order valence-corrected chi connectivity index (χ2v) is 5.95. The van der Waals surface area contributed by atoms with Crippen LogP contribution in [0.3, 0.4) is 0 Å². The van der Waals surface area contributed by atoms with Crippen molar-refractivity contribution < 1.29 is 0 Å². The lowest BCUT2D eigenvalue weighted by atomic mass is 10.1. The predicted molar refractivity (Wildman–Crippen MR) is 87.2 cm³/mol. The molecule has 0 aliphatic heterocycles. The van der Waals surface area contributed by atoms with Crippen molar-refractivity contribution in [3.63, 3.8) is 0 Å². The zero-order chi connectivity index (χ0) is 14.5. The van der Waals surface area contributed by atoms with Crippen LogP contribution in [0.4, 0.5) is 0 Å². The minimum atomic E-state index is 0.0190. The van der Waals surface area contributed by atoms with E-state index in [4.69, 9.17) is 11.6 Å². The van der Waals surface area contributed by atoms with Gasteiger partial charge in [-0.15, -0.1) is 0 Å². The third-order valence-corrected chi connectivity index (χ3v) is 4.04. The van der Waals surface area contributed by atoms with Gasteiger partial charge < -0.3 is 9.88 Å². The van der Waals surface area contributed by atoms with Gasteiger partial charge in [0.15, 0.2) is 0 Å². The number of imidazole rings is 1. The van der Waals surface area contributed by atoms with E-state index in [0.717, 1.165) is 40.4 Å². The Morgan fingerprint density at radius 1 is 1.40 bits per heavy atom. The van der Waals surface area contributed by atoms with Crippen LogP contribution < -0.4 is 5.32 Å². The summed E-state index contributed by atoms with van der Waals surface area (Å²) in [6.45, 7) is 6.09. The first-order valence-corrected chi connectivity index (χ1v) is 8.03. The van der Waals surface area contributed by atoms with Gasteiger partial charge in [-0.1, -0.05) is 40.5 Å². The van der Waals surface area contributed by atoms with Gasteiger partial charge in [0, 0.05) is 28.4 Å². The SMILES string of the molecule is CCCNC(c1ccc(Br)cc1Cl)c1nccn1CC. The van der Waals surface area contributed by atoms with E-state index in [1.165, 1.54) is 0 Å². The van der Waals surface area contributed by atoms with E-state index >= 15 is 0 Å². The number of aromatic nitrogens is 2. The van der Waals surface area contributed by atoms with Crippen LogP contribution in [0.5, 0.6) is 0 Å². The summed E-state index contributed by atoms with van der Waals surface area (Å²) >= 11 is 9.86. The topological polar surface area (TPSA) is 29.9 Å². The van der Waals surface area contributed by atoms with Gasteiger partial charge in [-0.05, 0) is 37.6 Å². The van der Waals surface area contributed by atoms with E-state index in [0.29, 0.717) is 0 Å². The Balaban J connectivity index is 2.41. The van der Waals surface area contributed by atoms with Gasteiger partial charge in [-0.25, -0.2) is 4.98 Å². The van der Waals surface area contributed by atoms with Crippen LogP contribution in [-0.2, 0) is 6.54 Å². The Bertz CT molecular complexity index is 568. The number of benzene rings is 1. The summed E-state index contributed by atoms with van der Waals surface area (Å²) in [4.78, 5) is 4.51. The van der Waals surface area contributed by atoms with E-state index < -0.39 is 0 Å². The third kappa shape index (κ3) is 3.43. The van der Waals surface area contributed by atoms with Crippen LogP contribution in [0.2, 0.25) is 5.02 Å². The van der Waals surface area contributed by atoms with Gasteiger partial charge in [0.05, 0.1) is 6.04 Å². The number of aryl methyl sites for hydroxylation is 1. The Morgan fingerprint density at radius 2 is 2.20 bits per heavy atom. The summed E-state index contributed by atoms with van der Waals surface area (Å²) < 4.78 is 3.13. The molecule has 3 nitrogen and oxygen atoms in total. The molecule has 2 aromatic rings. The van der Waals surface area contributed by atoms with Crippen molar-refractivity contribution in [1.82, 2.24) is 14.9 Å². The highest BCUT2D eigenvalue weighted by Crippen LogP contribution is 2.30. The minimum Gasteiger partial charge on any atom is -0.334 e. The summed E-state index contributed by atoms with van der Waals surface area (Å²) in [7, 11) is 0. The zero-order valence-electron chi connectivity index (χ0n) is 11.7. The predicted octanol–water partition coefficient (Wildman–Crippen LogP) is 4.41. The first-order chi connectivity index (χ1) is 9.67. The van der Waals surface area contributed by atoms with Gasteiger partial charge in [-0.3, -0.25) is 0 Å². The number of rotatable bonds is 6. The number of hydrogen-bond donors (Lipinski definition) is 1. The summed E-state index contributed by atoms with van der Waals surface area (Å²) in [5, 5.41) is 4.29. The van der Waals surface area contributed by atoms with Gasteiger partial charge in [-0.2, -0.15) is 0 Å². The molecule has 0 aliphatic rings. The Labute approximate surface area is 133 Å². The van der Waals surface area contributed by atoms with E-state index in [1.54, 1.807) is 0 Å². The molecule has 0 aliphatic carbocycles. The minimum absolute atomic E-state index is 0.0190. The first-order valence-electron chi connectivity index (χ1n) is 6.86. The van der Waals surface area contributed by atoms with Crippen LogP contribution in [0.25, 0.3) is 0 Å². The molecule has 1 aromatic carbocycles. The quantitative estimate of drug-likeness (QED) is 0.831. The molecule has 1 N–H and O–H groups in total. The van der Waals surface area contributed by atoms with Crippen molar-refractivity contribution in [2.45, 2.75) is 32.9 Å². The number of nitrogens with one attached hydrogen (secondary N) is 1. The summed E-state index contributed by atoms with van der Waals surface area (Å²) in [6, 6.07) is 6.01. The molecule has 1 heterocycles. The normalized spacial score (nSPS) is 12.6. The van der Waals surface area contributed by atoms with E-state index in [-0.39, 0.29) is 6.04 Å². The van der Waals surface area contributed by atoms with Crippen LogP contribution >= 0.6 is 27.5 Å². The molecule has 1 atom stereocenters. The monoisotopic (exact) mass is 355 g/mol. The molecular formula is C15H19BrClN3. The first kappa shape index (κ1) is 15.5. The molecule has 0 saturated heterocycles. The summed E-state index contributed by atoms with van der Waals surface area (Å²) in [5.74, 6) is 1.00. The maximum absolute atomic E-state index is 6.41. The molecule has 20 heavy (non-hydrogen) atoms. The average molecular weight is 357 g/mol. The summed E-state index contributed by atoms with van der Waals surface area (Å²) in [6.07, 6.45) is 4.91. The van der Waals surface area contributed by atoms with Crippen molar-refractivity contribution in [3.8, 4) is 0 Å². The van der Waals surface area contributed by atoms with E-state index in [1.807, 2.05) is 24.5 Å². The molecule has 0 saturated carbocycles. The average Bonchev–Trinajstić information content (AvgIpc) is 2.89. The van der Waals surface area contributed by atoms with Crippen molar-refractivity contribution in [1.29, 1.82) is 0 Å². The fourth-order valence-electron chi connectivity index (χ4n) is 2.21. The third-order valence-electron chi connectivity index (χ3n) is 3.22. The highest BCUT2D eigenvalue weighted by atomic mass is 79.9. The number of halogens is 2. The molecule has 5 heteroatoms.